The van der Waals surface area contributed by atoms with Crippen molar-refractivity contribution < 1.29 is 29.0 Å². The predicted molar refractivity (Wildman–Crippen MR) is 120 cm³/mol. The van der Waals surface area contributed by atoms with Gasteiger partial charge in [-0.25, -0.2) is 9.80 Å². The van der Waals surface area contributed by atoms with Gasteiger partial charge in [-0.3, -0.25) is 24.7 Å². The van der Waals surface area contributed by atoms with Gasteiger partial charge in [-0.1, -0.05) is 30.3 Å². The number of amides is 2. The van der Waals surface area contributed by atoms with Crippen molar-refractivity contribution in [2.24, 2.45) is 0 Å². The Morgan fingerprint density at radius 2 is 1.88 bits per heavy atom. The molecule has 0 unspecified atom stereocenters. The van der Waals surface area contributed by atoms with Crippen LogP contribution in [0.4, 0.5) is 0 Å². The molecule has 2 fully saturated rings. The molecule has 0 aliphatic carbocycles. The highest BCUT2D eigenvalue weighted by atomic mass is 16.6. The summed E-state index contributed by atoms with van der Waals surface area (Å²) in [5.74, 6) is -2.35. The van der Waals surface area contributed by atoms with Crippen molar-refractivity contribution in [1.29, 1.82) is 0 Å². The van der Waals surface area contributed by atoms with Crippen LogP contribution in [0, 0.1) is 0 Å². The minimum atomic E-state index is -1.06. The summed E-state index contributed by atoms with van der Waals surface area (Å²) in [6, 6.07) is 6.75. The summed E-state index contributed by atoms with van der Waals surface area (Å²) in [6.07, 6.45) is 2.03. The van der Waals surface area contributed by atoms with Gasteiger partial charge < -0.3 is 9.84 Å². The maximum atomic E-state index is 13.5. The Morgan fingerprint density at radius 3 is 2.52 bits per heavy atom. The van der Waals surface area contributed by atoms with Crippen LogP contribution in [0.25, 0.3) is 0 Å². The van der Waals surface area contributed by atoms with Gasteiger partial charge in [0.1, 0.15) is 11.6 Å². The summed E-state index contributed by atoms with van der Waals surface area (Å²) < 4.78 is 5.51. The molecule has 2 aliphatic rings. The molecule has 0 saturated carbocycles. The van der Waals surface area contributed by atoms with Crippen molar-refractivity contribution in [2.45, 2.75) is 83.0 Å². The van der Waals surface area contributed by atoms with Gasteiger partial charge in [-0.2, -0.15) is 0 Å². The smallest absolute Gasteiger partial charge is 0.331 e. The number of esters is 1. The summed E-state index contributed by atoms with van der Waals surface area (Å²) in [5.41, 5.74) is 0.266. The van der Waals surface area contributed by atoms with Crippen molar-refractivity contribution in [3.63, 3.8) is 0 Å². The van der Waals surface area contributed by atoms with E-state index in [1.54, 1.807) is 20.8 Å². The molecule has 9 nitrogen and oxygen atoms in total. The largest absolute Gasteiger partial charge is 0.480 e. The fourth-order valence-electron chi connectivity index (χ4n) is 4.25. The molecule has 1 aromatic rings. The average Bonchev–Trinajstić information content (AvgIpc) is 2.87. The molecule has 3 rings (SSSR count). The minimum absolute atomic E-state index is 0.0893. The van der Waals surface area contributed by atoms with E-state index >= 15 is 0 Å². The highest BCUT2D eigenvalue weighted by molar-refractivity contribution is 5.92. The number of nitrogens with zero attached hydrogens (tertiary/aromatic N) is 2. The Balaban J connectivity index is 1.78. The highest BCUT2D eigenvalue weighted by Gasteiger charge is 2.46. The van der Waals surface area contributed by atoms with Crippen LogP contribution in [-0.4, -0.2) is 69.1 Å². The van der Waals surface area contributed by atoms with Gasteiger partial charge in [0.25, 0.3) is 5.91 Å². The topological polar surface area (TPSA) is 116 Å². The van der Waals surface area contributed by atoms with Gasteiger partial charge in [0.05, 0.1) is 6.04 Å². The van der Waals surface area contributed by atoms with Crippen LogP contribution in [0.15, 0.2) is 30.3 Å². The Morgan fingerprint density at radius 1 is 1.18 bits per heavy atom. The average molecular weight is 460 g/mol. The number of hydrazine groups is 1. The van der Waals surface area contributed by atoms with Gasteiger partial charge in [0.15, 0.2) is 6.04 Å². The number of fused-ring (bicyclic) bond motifs is 1. The molecule has 2 aliphatic heterocycles. The number of aryl methyl sites for hydroxylation is 1. The minimum Gasteiger partial charge on any atom is -0.480 e. The van der Waals surface area contributed by atoms with Gasteiger partial charge in [0.2, 0.25) is 5.91 Å². The lowest BCUT2D eigenvalue weighted by molar-refractivity contribution is -0.188. The number of nitrogens with one attached hydrogen (secondary N) is 1. The number of aliphatic carboxylic acids is 1. The van der Waals surface area contributed by atoms with Crippen molar-refractivity contribution >= 4 is 23.8 Å². The number of carbonyl (C=O) groups excluding carboxylic acids is 3. The molecule has 33 heavy (non-hydrogen) atoms. The second kappa shape index (κ2) is 10.3. The summed E-state index contributed by atoms with van der Waals surface area (Å²) in [4.78, 5) is 51.1. The van der Waals surface area contributed by atoms with Crippen molar-refractivity contribution in [3.05, 3.63) is 35.9 Å². The van der Waals surface area contributed by atoms with E-state index in [1.807, 2.05) is 30.3 Å². The number of hydrogen-bond acceptors (Lipinski definition) is 6. The molecule has 9 heteroatoms. The Bertz CT molecular complexity index is 882. The number of ether oxygens (including phenoxy) is 1. The van der Waals surface area contributed by atoms with E-state index in [9.17, 15) is 24.3 Å². The maximum Gasteiger partial charge on any atom is 0.331 e. The van der Waals surface area contributed by atoms with E-state index in [0.29, 0.717) is 25.8 Å². The first-order chi connectivity index (χ1) is 15.6. The predicted octanol–water partition coefficient (Wildman–Crippen LogP) is 1.90. The highest BCUT2D eigenvalue weighted by Crippen LogP contribution is 2.27. The number of benzene rings is 1. The molecule has 2 heterocycles. The van der Waals surface area contributed by atoms with E-state index in [0.717, 1.165) is 5.56 Å². The van der Waals surface area contributed by atoms with Crippen molar-refractivity contribution in [3.8, 4) is 0 Å². The normalized spacial score (nSPS) is 22.4. The second-order valence-corrected chi connectivity index (χ2v) is 9.56. The van der Waals surface area contributed by atoms with E-state index in [1.165, 1.54) is 10.0 Å². The lowest BCUT2D eigenvalue weighted by Crippen LogP contribution is -2.63. The molecule has 0 aromatic heterocycles. The zero-order valence-corrected chi connectivity index (χ0v) is 19.5. The molecule has 2 amide bonds. The van der Waals surface area contributed by atoms with E-state index in [4.69, 9.17) is 4.74 Å². The molecule has 0 radical (unpaired) electrons. The number of hydrogen-bond donors (Lipinski definition) is 2. The third kappa shape index (κ3) is 6.31. The molecule has 2 N–H and O–H groups in total. The third-order valence-electron chi connectivity index (χ3n) is 5.81. The van der Waals surface area contributed by atoms with Gasteiger partial charge in [-0.15, -0.1) is 0 Å². The lowest BCUT2D eigenvalue weighted by Gasteiger charge is -2.43. The molecule has 0 spiro atoms. The molecule has 0 bridgehead atoms. The number of carboxylic acids is 1. The zero-order valence-electron chi connectivity index (χ0n) is 19.5. The first-order valence-corrected chi connectivity index (χ1v) is 11.5. The molecular weight excluding hydrogens is 426 g/mol. The molecule has 3 atom stereocenters. The fourth-order valence-corrected chi connectivity index (χ4v) is 4.25. The monoisotopic (exact) mass is 459 g/mol. The Kier molecular flexibility index (Phi) is 7.73. The van der Waals surface area contributed by atoms with Crippen LogP contribution < -0.4 is 5.32 Å². The van der Waals surface area contributed by atoms with Crippen molar-refractivity contribution in [1.82, 2.24) is 15.3 Å². The number of rotatable bonds is 7. The van der Waals surface area contributed by atoms with Crippen molar-refractivity contribution in [2.75, 3.05) is 6.54 Å². The lowest BCUT2D eigenvalue weighted by atomic mass is 10.0. The van der Waals surface area contributed by atoms with Gasteiger partial charge >= 0.3 is 11.9 Å². The molecule has 2 saturated heterocycles. The Hall–Kier alpha value is -2.94. The van der Waals surface area contributed by atoms with Crippen LogP contribution in [0.3, 0.4) is 0 Å². The van der Waals surface area contributed by atoms with Crippen LogP contribution >= 0.6 is 0 Å². The van der Waals surface area contributed by atoms with Crippen LogP contribution in [0.5, 0.6) is 0 Å². The number of carbonyl (C=O) groups is 4. The SMILES string of the molecule is CC(C)(C)OC(=O)[C@@H]1CCCN2C(=O)CC[C@H](N[C@H](CCc3ccccc3)C(=O)O)C(=O)N12. The Labute approximate surface area is 194 Å². The van der Waals surface area contributed by atoms with Gasteiger partial charge in [-0.05, 0) is 58.4 Å². The maximum absolute atomic E-state index is 13.5. The van der Waals surface area contributed by atoms with Gasteiger partial charge in [0, 0.05) is 13.0 Å². The standard InChI is InChI=1S/C24H33N3O6/c1-24(2,3)33-23(32)19-10-7-15-26-20(28)14-13-17(21(29)27(19)26)25-18(22(30)31)12-11-16-8-5-4-6-9-16/h4-6,8-9,17-19,25H,7,10-15H2,1-3H3,(H,30,31)/t17-,18+,19-/m0/s1. The quantitative estimate of drug-likeness (QED) is 0.598. The third-order valence-corrected chi connectivity index (χ3v) is 5.81. The molecule has 1 aromatic carbocycles. The molecule has 180 valence electrons. The first kappa shape index (κ1) is 24.7. The van der Waals surface area contributed by atoms with Crippen LogP contribution in [-0.2, 0) is 30.3 Å². The summed E-state index contributed by atoms with van der Waals surface area (Å²) >= 11 is 0. The molecular formula is C24H33N3O6. The van der Waals surface area contributed by atoms with E-state index in [-0.39, 0.29) is 25.2 Å². The zero-order chi connectivity index (χ0) is 24.2. The van der Waals surface area contributed by atoms with Crippen LogP contribution in [0.1, 0.15) is 58.4 Å². The summed E-state index contributed by atoms with van der Waals surface area (Å²) in [5, 5.41) is 15.3. The first-order valence-electron chi connectivity index (χ1n) is 11.5. The summed E-state index contributed by atoms with van der Waals surface area (Å²) in [6.45, 7) is 5.58. The second-order valence-electron chi connectivity index (χ2n) is 9.56. The number of carboxylic acid groups (broad SMARTS) is 1. The fraction of sp³-hybridized carbons (Fsp3) is 0.583. The van der Waals surface area contributed by atoms with E-state index in [2.05, 4.69) is 5.32 Å². The summed E-state index contributed by atoms with van der Waals surface area (Å²) in [7, 11) is 0. The van der Waals surface area contributed by atoms with E-state index < -0.39 is 41.6 Å². The van der Waals surface area contributed by atoms with Crippen LogP contribution in [0.2, 0.25) is 0 Å².